The summed E-state index contributed by atoms with van der Waals surface area (Å²) in [4.78, 5) is 38.8. The van der Waals surface area contributed by atoms with Crippen molar-refractivity contribution in [3.05, 3.63) is 106 Å². The minimum Gasteiger partial charge on any atom is -0.449 e. The van der Waals surface area contributed by atoms with Gasteiger partial charge in [-0.15, -0.1) is 0 Å². The molecule has 11 heteroatoms. The largest absolute Gasteiger partial charge is 0.449 e. The quantitative estimate of drug-likeness (QED) is 0.346. The number of ether oxygens (including phenoxy) is 1. The summed E-state index contributed by atoms with van der Waals surface area (Å²) in [5, 5.41) is 2.58. The van der Waals surface area contributed by atoms with Crippen molar-refractivity contribution in [1.82, 2.24) is 9.36 Å². The molecule has 0 bridgehead atoms. The number of hydrogen-bond acceptors (Lipinski definition) is 6. The second-order valence-electron chi connectivity index (χ2n) is 9.46. The van der Waals surface area contributed by atoms with E-state index in [9.17, 15) is 22.8 Å². The molecule has 0 spiro atoms. The number of carbonyl (C=O) groups is 2. The number of rotatable bonds is 7. The van der Waals surface area contributed by atoms with Gasteiger partial charge in [-0.05, 0) is 62.2 Å². The molecule has 1 atom stereocenters. The average molecular weight is 561 g/mol. The second kappa shape index (κ2) is 10.5. The highest BCUT2D eigenvalue weighted by Crippen LogP contribution is 2.32. The highest BCUT2D eigenvalue weighted by atomic mass is 32.2. The van der Waals surface area contributed by atoms with Gasteiger partial charge in [0.2, 0.25) is 0 Å². The summed E-state index contributed by atoms with van der Waals surface area (Å²) in [5.41, 5.74) is 2.31. The SMILES string of the molecule is Cc1c(NC(=O)[C@H](C)OC(=O)c2cccc(S(=O)(=O)N3CCc4ccccc43)c2)c(=O)n(-c2ccccc2)n1C. The molecule has 10 nitrogen and oxygen atoms in total. The summed E-state index contributed by atoms with van der Waals surface area (Å²) in [6.45, 7) is 3.37. The number of benzene rings is 3. The summed E-state index contributed by atoms with van der Waals surface area (Å²) in [6.07, 6.45) is -0.663. The van der Waals surface area contributed by atoms with E-state index in [1.807, 2.05) is 18.2 Å². The van der Waals surface area contributed by atoms with E-state index in [2.05, 4.69) is 5.32 Å². The van der Waals surface area contributed by atoms with E-state index in [0.717, 1.165) is 5.56 Å². The summed E-state index contributed by atoms with van der Waals surface area (Å²) in [7, 11) is -2.22. The van der Waals surface area contributed by atoms with Crippen molar-refractivity contribution in [2.75, 3.05) is 16.2 Å². The number of aromatic nitrogens is 2. The lowest BCUT2D eigenvalue weighted by Crippen LogP contribution is -2.32. The van der Waals surface area contributed by atoms with Crippen molar-refractivity contribution >= 4 is 33.3 Å². The molecule has 1 aliphatic rings. The van der Waals surface area contributed by atoms with Crippen molar-refractivity contribution in [1.29, 1.82) is 0 Å². The van der Waals surface area contributed by atoms with E-state index in [1.54, 1.807) is 55.1 Å². The van der Waals surface area contributed by atoms with Crippen LogP contribution >= 0.6 is 0 Å². The van der Waals surface area contributed by atoms with E-state index >= 15 is 0 Å². The number of nitrogens with zero attached hydrogens (tertiary/aromatic N) is 3. The van der Waals surface area contributed by atoms with E-state index < -0.39 is 33.6 Å². The van der Waals surface area contributed by atoms with Gasteiger partial charge in [0, 0.05) is 13.6 Å². The molecule has 1 N–H and O–H groups in total. The molecule has 1 amide bonds. The zero-order valence-electron chi connectivity index (χ0n) is 22.2. The molecule has 0 fully saturated rings. The van der Waals surface area contributed by atoms with Crippen LogP contribution in [0.2, 0.25) is 0 Å². The van der Waals surface area contributed by atoms with Gasteiger partial charge in [0.05, 0.1) is 27.5 Å². The molecule has 4 aromatic rings. The van der Waals surface area contributed by atoms with Gasteiger partial charge in [0.25, 0.3) is 21.5 Å². The first-order chi connectivity index (χ1) is 19.1. The van der Waals surface area contributed by atoms with Crippen LogP contribution in [0, 0.1) is 6.92 Å². The van der Waals surface area contributed by atoms with Crippen molar-refractivity contribution in [3.8, 4) is 5.69 Å². The number of anilines is 2. The Kier molecular flexibility index (Phi) is 7.07. The number of amides is 1. The molecule has 0 aliphatic carbocycles. The minimum absolute atomic E-state index is 0.0180. The fraction of sp³-hybridized carbons (Fsp3) is 0.207. The third kappa shape index (κ3) is 4.79. The first-order valence-corrected chi connectivity index (χ1v) is 14.1. The van der Waals surface area contributed by atoms with Crippen LogP contribution in [0.25, 0.3) is 5.69 Å². The van der Waals surface area contributed by atoms with Crippen molar-refractivity contribution in [3.63, 3.8) is 0 Å². The fourth-order valence-electron chi connectivity index (χ4n) is 4.69. The van der Waals surface area contributed by atoms with Gasteiger partial charge in [-0.3, -0.25) is 18.6 Å². The summed E-state index contributed by atoms with van der Waals surface area (Å²) < 4.78 is 36.5. The molecule has 0 radical (unpaired) electrons. The molecule has 5 rings (SSSR count). The standard InChI is InChI=1S/C29H28N4O6S/c1-19-26(28(35)33(31(19)3)23-12-5-4-6-13-23)30-27(34)20(2)39-29(36)22-11-9-14-24(18-22)40(37,38)32-17-16-21-10-7-8-15-25(21)32/h4-15,18,20H,16-17H2,1-3H3,(H,30,34)/t20-/m0/s1. The molecular formula is C29H28N4O6S. The average Bonchev–Trinajstić information content (AvgIpc) is 3.49. The van der Waals surface area contributed by atoms with Crippen LogP contribution in [0.4, 0.5) is 11.4 Å². The third-order valence-corrected chi connectivity index (χ3v) is 8.77. The smallest absolute Gasteiger partial charge is 0.338 e. The number of esters is 1. The van der Waals surface area contributed by atoms with Gasteiger partial charge in [0.15, 0.2) is 6.10 Å². The monoisotopic (exact) mass is 560 g/mol. The zero-order valence-corrected chi connectivity index (χ0v) is 23.0. The lowest BCUT2D eigenvalue weighted by atomic mass is 10.2. The van der Waals surface area contributed by atoms with Crippen LogP contribution in [0.3, 0.4) is 0 Å². The van der Waals surface area contributed by atoms with Crippen LogP contribution in [0.1, 0.15) is 28.5 Å². The Morgan fingerprint density at radius 2 is 1.68 bits per heavy atom. The Morgan fingerprint density at radius 3 is 2.42 bits per heavy atom. The molecule has 206 valence electrons. The van der Waals surface area contributed by atoms with Crippen LogP contribution in [0.5, 0.6) is 0 Å². The van der Waals surface area contributed by atoms with Gasteiger partial charge < -0.3 is 10.1 Å². The Labute approximate surface area is 231 Å². The molecule has 2 heterocycles. The summed E-state index contributed by atoms with van der Waals surface area (Å²) in [6, 6.07) is 21.8. The number of hydrogen-bond donors (Lipinski definition) is 1. The zero-order chi connectivity index (χ0) is 28.6. The first-order valence-electron chi connectivity index (χ1n) is 12.7. The van der Waals surface area contributed by atoms with Gasteiger partial charge in [-0.1, -0.05) is 42.5 Å². The van der Waals surface area contributed by atoms with Gasteiger partial charge in [-0.2, -0.15) is 0 Å². The van der Waals surface area contributed by atoms with Gasteiger partial charge >= 0.3 is 5.97 Å². The third-order valence-electron chi connectivity index (χ3n) is 6.96. The Balaban J connectivity index is 1.31. The van der Waals surface area contributed by atoms with Crippen molar-refractivity contribution in [2.24, 2.45) is 7.05 Å². The van der Waals surface area contributed by atoms with E-state index in [-0.39, 0.29) is 16.1 Å². The molecule has 0 saturated heterocycles. The van der Waals surface area contributed by atoms with Crippen LogP contribution in [0.15, 0.2) is 88.6 Å². The van der Waals surface area contributed by atoms with Crippen LogP contribution in [-0.2, 0) is 33.0 Å². The molecular weight excluding hydrogens is 532 g/mol. The van der Waals surface area contributed by atoms with E-state index in [1.165, 1.54) is 40.2 Å². The number of fused-ring (bicyclic) bond motifs is 1. The lowest BCUT2D eigenvalue weighted by molar-refractivity contribution is -0.123. The molecule has 40 heavy (non-hydrogen) atoms. The van der Waals surface area contributed by atoms with Gasteiger partial charge in [-0.25, -0.2) is 17.9 Å². The topological polar surface area (TPSA) is 120 Å². The highest BCUT2D eigenvalue weighted by Gasteiger charge is 2.31. The predicted octanol–water partition coefficient (Wildman–Crippen LogP) is 3.42. The van der Waals surface area contributed by atoms with Gasteiger partial charge in [0.1, 0.15) is 5.69 Å². The fourth-order valence-corrected chi connectivity index (χ4v) is 6.24. The highest BCUT2D eigenvalue weighted by molar-refractivity contribution is 7.92. The maximum Gasteiger partial charge on any atom is 0.338 e. The number of sulfonamides is 1. The summed E-state index contributed by atoms with van der Waals surface area (Å²) in [5.74, 6) is -1.56. The normalized spacial score (nSPS) is 13.5. The predicted molar refractivity (Wildman–Crippen MR) is 150 cm³/mol. The van der Waals surface area contributed by atoms with Crippen LogP contribution < -0.4 is 15.2 Å². The number of carbonyl (C=O) groups excluding carboxylic acids is 2. The molecule has 1 aromatic heterocycles. The van der Waals surface area contributed by atoms with Crippen molar-refractivity contribution in [2.45, 2.75) is 31.3 Å². The second-order valence-corrected chi connectivity index (χ2v) is 11.3. The lowest BCUT2D eigenvalue weighted by Gasteiger charge is -2.20. The molecule has 0 saturated carbocycles. The van der Waals surface area contributed by atoms with E-state index in [4.69, 9.17) is 4.74 Å². The first kappa shape index (κ1) is 26.9. The molecule has 3 aromatic carbocycles. The van der Waals surface area contributed by atoms with E-state index in [0.29, 0.717) is 30.0 Å². The Hall–Kier alpha value is -4.64. The number of para-hydroxylation sites is 2. The molecule has 0 unspecified atom stereocenters. The minimum atomic E-state index is -3.92. The van der Waals surface area contributed by atoms with Crippen LogP contribution in [-0.4, -0.2) is 42.3 Å². The maximum atomic E-state index is 13.4. The Bertz CT molecular complexity index is 1780. The number of nitrogens with one attached hydrogen (secondary N) is 1. The maximum absolute atomic E-state index is 13.4. The van der Waals surface area contributed by atoms with Crippen molar-refractivity contribution < 1.29 is 22.7 Å². The Morgan fingerprint density at radius 1 is 0.975 bits per heavy atom. The molecule has 1 aliphatic heterocycles. The summed E-state index contributed by atoms with van der Waals surface area (Å²) >= 11 is 0.